The van der Waals surface area contributed by atoms with Gasteiger partial charge >= 0.3 is 0 Å². The van der Waals surface area contributed by atoms with Crippen LogP contribution in [0.1, 0.15) is 12.8 Å². The van der Waals surface area contributed by atoms with Crippen molar-refractivity contribution in [1.82, 2.24) is 10.3 Å². The number of nitrogens with zero attached hydrogens (tertiary/aromatic N) is 2. The molecule has 0 bridgehead atoms. The predicted octanol–water partition coefficient (Wildman–Crippen LogP) is 3.32. The van der Waals surface area contributed by atoms with Crippen molar-refractivity contribution >= 4 is 28.2 Å². The zero-order valence-corrected chi connectivity index (χ0v) is 12.5. The number of nitrogens with one attached hydrogen (secondary N) is 1. The van der Waals surface area contributed by atoms with E-state index in [0.717, 1.165) is 36.1 Å². The van der Waals surface area contributed by atoms with Crippen LogP contribution in [0.25, 0.3) is 10.9 Å². The Hall–Kier alpha value is -1.32. The number of benzene rings is 1. The first-order chi connectivity index (χ1) is 9.78. The second-order valence-corrected chi connectivity index (χ2v) is 5.94. The largest absolute Gasteiger partial charge is 0.371 e. The van der Waals surface area contributed by atoms with Crippen LogP contribution in [0.4, 0.5) is 5.69 Å². The molecule has 3 nitrogen and oxygen atoms in total. The van der Waals surface area contributed by atoms with Gasteiger partial charge in [0.1, 0.15) is 0 Å². The molecule has 1 saturated heterocycles. The summed E-state index contributed by atoms with van der Waals surface area (Å²) in [5.74, 6) is 0.726. The molecule has 2 aromatic rings. The van der Waals surface area contributed by atoms with Gasteiger partial charge in [-0.1, -0.05) is 11.6 Å². The van der Waals surface area contributed by atoms with E-state index >= 15 is 0 Å². The Morgan fingerprint density at radius 1 is 1.40 bits per heavy atom. The van der Waals surface area contributed by atoms with Gasteiger partial charge in [-0.3, -0.25) is 4.98 Å². The third-order valence-electron chi connectivity index (χ3n) is 4.03. The summed E-state index contributed by atoms with van der Waals surface area (Å²) in [6.45, 7) is 3.33. The first-order valence-corrected chi connectivity index (χ1v) is 7.59. The lowest BCUT2D eigenvalue weighted by molar-refractivity contribution is 0.403. The van der Waals surface area contributed by atoms with E-state index in [9.17, 15) is 0 Å². The van der Waals surface area contributed by atoms with Crippen molar-refractivity contribution in [2.75, 3.05) is 31.6 Å². The van der Waals surface area contributed by atoms with Gasteiger partial charge in [-0.15, -0.1) is 0 Å². The molecule has 20 heavy (non-hydrogen) atoms. The van der Waals surface area contributed by atoms with Crippen LogP contribution in [-0.4, -0.2) is 31.7 Å². The molecule has 2 heterocycles. The van der Waals surface area contributed by atoms with Gasteiger partial charge in [-0.05, 0) is 56.6 Å². The Morgan fingerprint density at radius 3 is 3.15 bits per heavy atom. The molecule has 1 aromatic carbocycles. The molecule has 1 aliphatic rings. The van der Waals surface area contributed by atoms with Crippen molar-refractivity contribution in [3.05, 3.63) is 35.5 Å². The molecule has 0 saturated carbocycles. The highest BCUT2D eigenvalue weighted by molar-refractivity contribution is 6.31. The van der Waals surface area contributed by atoms with Gasteiger partial charge in [-0.2, -0.15) is 0 Å². The standard InChI is InChI=1S/C16H20ClN3/c1-18-10-12-3-2-8-20(11-12)16-6-7-19-15-9-13(17)4-5-14(15)16/h4-7,9,12,18H,2-3,8,10-11H2,1H3. The quantitative estimate of drug-likeness (QED) is 0.939. The number of piperidine rings is 1. The summed E-state index contributed by atoms with van der Waals surface area (Å²) in [4.78, 5) is 6.92. The zero-order chi connectivity index (χ0) is 13.9. The minimum Gasteiger partial charge on any atom is -0.371 e. The van der Waals surface area contributed by atoms with E-state index in [2.05, 4.69) is 27.3 Å². The first-order valence-electron chi connectivity index (χ1n) is 7.22. The molecule has 0 amide bonds. The topological polar surface area (TPSA) is 28.2 Å². The Labute approximate surface area is 124 Å². The summed E-state index contributed by atoms with van der Waals surface area (Å²) in [5.41, 5.74) is 2.26. The highest BCUT2D eigenvalue weighted by Gasteiger charge is 2.20. The van der Waals surface area contributed by atoms with Gasteiger partial charge in [0.05, 0.1) is 5.52 Å². The monoisotopic (exact) mass is 289 g/mol. The van der Waals surface area contributed by atoms with Crippen LogP contribution >= 0.6 is 11.6 Å². The van der Waals surface area contributed by atoms with E-state index in [1.807, 2.05) is 25.4 Å². The number of pyridine rings is 1. The first kappa shape index (κ1) is 13.7. The van der Waals surface area contributed by atoms with Crippen molar-refractivity contribution < 1.29 is 0 Å². The SMILES string of the molecule is CNCC1CCCN(c2ccnc3cc(Cl)ccc23)C1. The molecular weight excluding hydrogens is 270 g/mol. The summed E-state index contributed by atoms with van der Waals surface area (Å²) in [7, 11) is 2.03. The molecule has 0 aliphatic carbocycles. The highest BCUT2D eigenvalue weighted by Crippen LogP contribution is 2.30. The van der Waals surface area contributed by atoms with Crippen molar-refractivity contribution in [3.63, 3.8) is 0 Å². The molecule has 3 rings (SSSR count). The molecule has 4 heteroatoms. The van der Waals surface area contributed by atoms with Gasteiger partial charge < -0.3 is 10.2 Å². The number of hydrogen-bond donors (Lipinski definition) is 1. The van der Waals surface area contributed by atoms with Gasteiger partial charge in [0.25, 0.3) is 0 Å². The molecule has 1 unspecified atom stereocenters. The normalized spacial score (nSPS) is 19.5. The fourth-order valence-electron chi connectivity index (χ4n) is 3.12. The Kier molecular flexibility index (Phi) is 4.08. The van der Waals surface area contributed by atoms with Crippen LogP contribution in [0, 0.1) is 5.92 Å². The summed E-state index contributed by atoms with van der Waals surface area (Å²) in [6.07, 6.45) is 4.45. The number of fused-ring (bicyclic) bond motifs is 1. The minimum atomic E-state index is 0.726. The summed E-state index contributed by atoms with van der Waals surface area (Å²) in [5, 5.41) is 5.24. The molecule has 1 fully saturated rings. The molecule has 1 N–H and O–H groups in total. The molecular formula is C16H20ClN3. The van der Waals surface area contributed by atoms with E-state index in [4.69, 9.17) is 11.6 Å². The number of aromatic nitrogens is 1. The smallest absolute Gasteiger partial charge is 0.0737 e. The molecule has 1 aromatic heterocycles. The van der Waals surface area contributed by atoms with Gasteiger partial charge in [0.15, 0.2) is 0 Å². The lowest BCUT2D eigenvalue weighted by Gasteiger charge is -2.35. The van der Waals surface area contributed by atoms with Crippen molar-refractivity contribution in [2.24, 2.45) is 5.92 Å². The molecule has 106 valence electrons. The van der Waals surface area contributed by atoms with Crippen molar-refractivity contribution in [2.45, 2.75) is 12.8 Å². The van der Waals surface area contributed by atoms with E-state index in [1.165, 1.54) is 23.9 Å². The summed E-state index contributed by atoms with van der Waals surface area (Å²) < 4.78 is 0. The maximum absolute atomic E-state index is 6.06. The maximum atomic E-state index is 6.06. The molecule has 0 radical (unpaired) electrons. The average Bonchev–Trinajstić information content (AvgIpc) is 2.47. The van der Waals surface area contributed by atoms with Gasteiger partial charge in [-0.25, -0.2) is 0 Å². The lowest BCUT2D eigenvalue weighted by Crippen LogP contribution is -2.39. The maximum Gasteiger partial charge on any atom is 0.0737 e. The van der Waals surface area contributed by atoms with Crippen LogP contribution in [-0.2, 0) is 0 Å². The summed E-state index contributed by atoms with van der Waals surface area (Å²) >= 11 is 6.06. The lowest BCUT2D eigenvalue weighted by atomic mass is 9.97. The number of hydrogen-bond acceptors (Lipinski definition) is 3. The van der Waals surface area contributed by atoms with Crippen LogP contribution < -0.4 is 10.2 Å². The Morgan fingerprint density at radius 2 is 2.30 bits per heavy atom. The van der Waals surface area contributed by atoms with Gasteiger partial charge in [0, 0.05) is 35.4 Å². The van der Waals surface area contributed by atoms with Crippen LogP contribution in [0.5, 0.6) is 0 Å². The van der Waals surface area contributed by atoms with E-state index in [-0.39, 0.29) is 0 Å². The van der Waals surface area contributed by atoms with Crippen LogP contribution in [0.2, 0.25) is 5.02 Å². The third-order valence-corrected chi connectivity index (χ3v) is 4.27. The third kappa shape index (κ3) is 2.74. The van der Waals surface area contributed by atoms with Crippen LogP contribution in [0.15, 0.2) is 30.5 Å². The van der Waals surface area contributed by atoms with E-state index in [1.54, 1.807) is 0 Å². The number of rotatable bonds is 3. The van der Waals surface area contributed by atoms with E-state index in [0.29, 0.717) is 0 Å². The predicted molar refractivity (Wildman–Crippen MR) is 85.6 cm³/mol. The van der Waals surface area contributed by atoms with E-state index < -0.39 is 0 Å². The average molecular weight is 290 g/mol. The second kappa shape index (κ2) is 5.98. The summed E-state index contributed by atoms with van der Waals surface area (Å²) in [6, 6.07) is 8.10. The molecule has 1 atom stereocenters. The molecule has 1 aliphatic heterocycles. The fraction of sp³-hybridized carbons (Fsp3) is 0.438. The fourth-order valence-corrected chi connectivity index (χ4v) is 3.29. The Balaban J connectivity index is 1.93. The highest BCUT2D eigenvalue weighted by atomic mass is 35.5. The van der Waals surface area contributed by atoms with Crippen LogP contribution in [0.3, 0.4) is 0 Å². The second-order valence-electron chi connectivity index (χ2n) is 5.50. The van der Waals surface area contributed by atoms with Crippen molar-refractivity contribution in [1.29, 1.82) is 0 Å². The number of halogens is 1. The zero-order valence-electron chi connectivity index (χ0n) is 11.8. The van der Waals surface area contributed by atoms with Gasteiger partial charge in [0.2, 0.25) is 0 Å². The molecule has 0 spiro atoms. The van der Waals surface area contributed by atoms with Crippen molar-refractivity contribution in [3.8, 4) is 0 Å². The minimum absolute atomic E-state index is 0.726. The number of anilines is 1. The Bertz CT molecular complexity index is 597.